The fraction of sp³-hybridized carbons (Fsp3) is 0.263. The third-order valence-corrected chi connectivity index (χ3v) is 7.46. The van der Waals surface area contributed by atoms with Crippen molar-refractivity contribution in [2.45, 2.75) is 23.6 Å². The third kappa shape index (κ3) is 3.66. The molecule has 3 N–H and O–H groups in total. The highest BCUT2D eigenvalue weighted by molar-refractivity contribution is 8.01. The molecular weight excluding hydrogens is 498 g/mol. The van der Waals surface area contributed by atoms with E-state index in [-0.39, 0.29) is 22.2 Å². The topological polar surface area (TPSA) is 184 Å². The highest BCUT2D eigenvalue weighted by Gasteiger charge is 2.55. The molecule has 14 nitrogen and oxygen atoms in total. The van der Waals surface area contributed by atoms with E-state index >= 15 is 0 Å². The van der Waals surface area contributed by atoms with E-state index in [9.17, 15) is 19.5 Å². The minimum absolute atomic E-state index is 0.161. The lowest BCUT2D eigenvalue weighted by molar-refractivity contribution is -0.556. The fourth-order valence-electron chi connectivity index (χ4n) is 3.95. The van der Waals surface area contributed by atoms with Gasteiger partial charge < -0.3 is 25.8 Å². The summed E-state index contributed by atoms with van der Waals surface area (Å²) in [7, 11) is 1.27. The third-order valence-electron chi connectivity index (χ3n) is 5.39. The molecule has 35 heavy (non-hydrogen) atoms. The first-order chi connectivity index (χ1) is 16.8. The number of β-lactam (4-membered cyclic amide) rings is 1. The fourth-order valence-corrected chi connectivity index (χ4v) is 5.94. The number of aromatic nitrogens is 5. The molecule has 16 heteroatoms. The van der Waals surface area contributed by atoms with Crippen LogP contribution < -0.4 is 20.7 Å². The van der Waals surface area contributed by atoms with Crippen LogP contribution in [0.1, 0.15) is 12.6 Å². The van der Waals surface area contributed by atoms with Crippen LogP contribution in [0.2, 0.25) is 0 Å². The smallest absolute Gasteiger partial charge is 0.294 e. The van der Waals surface area contributed by atoms with Gasteiger partial charge in [0.25, 0.3) is 23.8 Å². The first-order valence-electron chi connectivity index (χ1n) is 10.1. The standard InChI is InChI=1S/C19H17N9O5S2/c1-8-13(26-7-22-28-10(26)4-3-5-21-28)14(18(31)32)27-16(30)12(17(27)35-8)24-15(29)11(25-33-2)9-6-34-19(20)23-9/h3-8,12,17H,1-2H3,(H3-,20,23,24,29,31,32)/b25-11-/t8?,12?,17-/m1/s1. The molecule has 0 aliphatic carbocycles. The van der Waals surface area contributed by atoms with Gasteiger partial charge in [-0.15, -0.1) is 23.1 Å². The minimum Gasteiger partial charge on any atom is -0.543 e. The van der Waals surface area contributed by atoms with E-state index in [1.54, 1.807) is 29.8 Å². The highest BCUT2D eigenvalue weighted by Crippen LogP contribution is 2.44. The van der Waals surface area contributed by atoms with Crippen LogP contribution >= 0.6 is 23.1 Å². The molecule has 180 valence electrons. The molecule has 0 radical (unpaired) electrons. The van der Waals surface area contributed by atoms with Gasteiger partial charge in [0.1, 0.15) is 35.6 Å². The Balaban J connectivity index is 1.47. The largest absolute Gasteiger partial charge is 0.543 e. The van der Waals surface area contributed by atoms with Gasteiger partial charge >= 0.3 is 0 Å². The molecule has 2 amide bonds. The zero-order chi connectivity index (χ0) is 24.9. The summed E-state index contributed by atoms with van der Waals surface area (Å²) in [4.78, 5) is 48.1. The number of fused-ring (bicyclic) bond motifs is 2. The number of hydrogen-bond acceptors (Lipinski definition) is 12. The Labute approximate surface area is 205 Å². The maximum atomic E-state index is 13.1. The number of thiazole rings is 1. The van der Waals surface area contributed by atoms with Gasteiger partial charge in [0.15, 0.2) is 10.8 Å². The Morgan fingerprint density at radius 1 is 1.37 bits per heavy atom. The normalized spacial score (nSPS) is 22.1. The number of carbonyl (C=O) groups is 3. The van der Waals surface area contributed by atoms with Crippen LogP contribution in [0.5, 0.6) is 0 Å². The second-order valence-electron chi connectivity index (χ2n) is 7.42. The van der Waals surface area contributed by atoms with Crippen LogP contribution in [0, 0.1) is 0 Å². The highest BCUT2D eigenvalue weighted by atomic mass is 32.2. The van der Waals surface area contributed by atoms with Crippen molar-refractivity contribution >= 4 is 63.1 Å². The molecule has 0 bridgehead atoms. The summed E-state index contributed by atoms with van der Waals surface area (Å²) in [5.41, 5.74) is 6.20. The average molecular weight is 516 g/mol. The number of amides is 2. The van der Waals surface area contributed by atoms with Crippen molar-refractivity contribution in [2.24, 2.45) is 5.16 Å². The molecule has 5 rings (SSSR count). The van der Waals surface area contributed by atoms with Crippen molar-refractivity contribution < 1.29 is 28.9 Å². The molecule has 3 atom stereocenters. The second kappa shape index (κ2) is 8.62. The van der Waals surface area contributed by atoms with E-state index in [0.29, 0.717) is 11.3 Å². The van der Waals surface area contributed by atoms with E-state index in [0.717, 1.165) is 16.2 Å². The molecule has 5 heterocycles. The molecule has 3 aromatic heterocycles. The van der Waals surface area contributed by atoms with E-state index in [1.165, 1.54) is 35.2 Å². The average Bonchev–Trinajstić information content (AvgIpc) is 3.46. The van der Waals surface area contributed by atoms with E-state index < -0.39 is 34.4 Å². The lowest BCUT2D eigenvalue weighted by Crippen LogP contribution is -2.72. The zero-order valence-corrected chi connectivity index (χ0v) is 19.8. The predicted octanol–water partition coefficient (Wildman–Crippen LogP) is -2.19. The summed E-state index contributed by atoms with van der Waals surface area (Å²) >= 11 is 2.43. The van der Waals surface area contributed by atoms with Crippen molar-refractivity contribution in [1.29, 1.82) is 0 Å². The van der Waals surface area contributed by atoms with Crippen LogP contribution in [0.15, 0.2) is 40.9 Å². The molecule has 1 saturated heterocycles. The molecule has 0 spiro atoms. The van der Waals surface area contributed by atoms with Crippen LogP contribution in [-0.4, -0.2) is 72.0 Å². The van der Waals surface area contributed by atoms with Crippen molar-refractivity contribution in [1.82, 2.24) is 30.0 Å². The van der Waals surface area contributed by atoms with Gasteiger partial charge in [-0.1, -0.05) is 10.3 Å². The first kappa shape index (κ1) is 22.7. The summed E-state index contributed by atoms with van der Waals surface area (Å²) < 4.78 is 2.90. The quantitative estimate of drug-likeness (QED) is 0.158. The van der Waals surface area contributed by atoms with Gasteiger partial charge in [-0.25, -0.2) is 4.98 Å². The van der Waals surface area contributed by atoms with Crippen molar-refractivity contribution in [3.63, 3.8) is 0 Å². The Hall–Kier alpha value is -4.05. The molecule has 2 aliphatic rings. The molecule has 0 aromatic carbocycles. The first-order valence-corrected chi connectivity index (χ1v) is 11.9. The number of nitrogens with zero attached hydrogens (tertiary/aromatic N) is 7. The van der Waals surface area contributed by atoms with Gasteiger partial charge in [0.05, 0.1) is 22.5 Å². The maximum absolute atomic E-state index is 13.1. The number of nitrogens with two attached hydrogens (primary N) is 1. The lowest BCUT2D eigenvalue weighted by atomic mass is 10.0. The van der Waals surface area contributed by atoms with Gasteiger partial charge in [-0.05, 0) is 13.0 Å². The number of carbonyl (C=O) groups excluding carboxylic acids is 3. The summed E-state index contributed by atoms with van der Waals surface area (Å²) in [5, 5.41) is 27.4. The Bertz CT molecular complexity index is 1430. The number of nitrogens with one attached hydrogen (secondary N) is 1. The van der Waals surface area contributed by atoms with E-state index in [4.69, 9.17) is 10.6 Å². The number of oxime groups is 1. The number of carboxylic acids is 1. The molecular formula is C19H17N9O5S2. The van der Waals surface area contributed by atoms with Gasteiger partial charge in [-0.3, -0.25) is 14.5 Å². The van der Waals surface area contributed by atoms with Gasteiger partial charge in [0, 0.05) is 16.1 Å². The van der Waals surface area contributed by atoms with Crippen LogP contribution in [-0.2, 0) is 19.2 Å². The second-order valence-corrected chi connectivity index (χ2v) is 9.77. The van der Waals surface area contributed by atoms with Gasteiger partial charge in [0.2, 0.25) is 0 Å². The number of anilines is 1. The van der Waals surface area contributed by atoms with Gasteiger partial charge in [-0.2, -0.15) is 4.57 Å². The number of carboxylic acid groups (broad SMARTS) is 1. The number of nitrogen functional groups attached to an aromatic ring is 1. The maximum Gasteiger partial charge on any atom is 0.294 e. The molecule has 0 saturated carbocycles. The Morgan fingerprint density at radius 2 is 2.17 bits per heavy atom. The molecule has 2 aliphatic heterocycles. The van der Waals surface area contributed by atoms with E-state index in [2.05, 4.69) is 25.7 Å². The van der Waals surface area contributed by atoms with Crippen molar-refractivity contribution in [3.05, 3.63) is 41.4 Å². The lowest BCUT2D eigenvalue weighted by Gasteiger charge is -2.51. The summed E-state index contributed by atoms with van der Waals surface area (Å²) in [5.74, 6) is -2.84. The summed E-state index contributed by atoms with van der Waals surface area (Å²) in [6.07, 6.45) is 2.97. The summed E-state index contributed by atoms with van der Waals surface area (Å²) in [6.45, 7) is 1.80. The number of hydrogen-bond donors (Lipinski definition) is 2. The SMILES string of the molecule is CO/N=C(\C(=O)NC1C(=O)N2C(C(=O)[O-])=C([n+]3cnn4ncccc43)C(C)S[C@H]12)c1csc(N)n1. The van der Waals surface area contributed by atoms with Crippen molar-refractivity contribution in [2.75, 3.05) is 12.8 Å². The summed E-state index contributed by atoms with van der Waals surface area (Å²) in [6, 6.07) is 2.40. The minimum atomic E-state index is -1.52. The number of thioether (sulfide) groups is 1. The molecule has 2 unspecified atom stereocenters. The van der Waals surface area contributed by atoms with E-state index in [1.807, 2.05) is 0 Å². The van der Waals surface area contributed by atoms with Crippen LogP contribution in [0.4, 0.5) is 5.13 Å². The Kier molecular flexibility index (Phi) is 5.60. The van der Waals surface area contributed by atoms with Crippen LogP contribution in [0.25, 0.3) is 11.3 Å². The molecule has 1 fully saturated rings. The number of rotatable bonds is 6. The van der Waals surface area contributed by atoms with Crippen molar-refractivity contribution in [3.8, 4) is 0 Å². The monoisotopic (exact) mass is 515 g/mol. The Morgan fingerprint density at radius 3 is 2.86 bits per heavy atom. The predicted molar refractivity (Wildman–Crippen MR) is 121 cm³/mol. The van der Waals surface area contributed by atoms with Crippen LogP contribution in [0.3, 0.4) is 0 Å². The number of aliphatic carboxylic acids is 1. The zero-order valence-electron chi connectivity index (χ0n) is 18.2. The molecule has 3 aromatic rings.